The molecule has 0 fully saturated rings. The zero-order valence-electron chi connectivity index (χ0n) is 35.1. The van der Waals surface area contributed by atoms with Crippen molar-refractivity contribution in [2.75, 3.05) is 20.3 Å². The van der Waals surface area contributed by atoms with E-state index in [1.807, 2.05) is 0 Å². The maximum atomic E-state index is 12.5. The molecule has 2 unspecified atom stereocenters. The molecule has 0 radical (unpaired) electrons. The summed E-state index contributed by atoms with van der Waals surface area (Å²) in [4.78, 5) is 34.5. The van der Waals surface area contributed by atoms with Crippen molar-refractivity contribution in [3.05, 3.63) is 36.5 Å². The van der Waals surface area contributed by atoms with Crippen LogP contribution < -0.4 is 0 Å². The normalized spacial score (nSPS) is 13.6. The van der Waals surface area contributed by atoms with Gasteiger partial charge in [-0.15, -0.1) is 0 Å². The van der Waals surface area contributed by atoms with E-state index in [4.69, 9.17) is 14.0 Å². The smallest absolute Gasteiger partial charge is 0.462 e. The number of ether oxygens (including phenoxy) is 2. The van der Waals surface area contributed by atoms with Crippen LogP contribution in [0.4, 0.5) is 0 Å². The third kappa shape index (κ3) is 39.9. The molecule has 0 saturated carbocycles. The third-order valence-corrected chi connectivity index (χ3v) is 10.5. The first-order valence-corrected chi connectivity index (χ1v) is 23.7. The topological polar surface area (TPSA) is 108 Å². The van der Waals surface area contributed by atoms with E-state index in [1.165, 1.54) is 128 Å². The van der Waals surface area contributed by atoms with Gasteiger partial charge < -0.3 is 14.4 Å². The fourth-order valence-electron chi connectivity index (χ4n) is 6.15. The predicted octanol–water partition coefficient (Wildman–Crippen LogP) is 14.0. The van der Waals surface area contributed by atoms with Gasteiger partial charge in [-0.1, -0.05) is 166 Å². The van der Waals surface area contributed by atoms with Crippen molar-refractivity contribution in [1.29, 1.82) is 0 Å². The Morgan fingerprint density at radius 1 is 0.519 bits per heavy atom. The van der Waals surface area contributed by atoms with Crippen LogP contribution in [-0.2, 0) is 32.7 Å². The fourth-order valence-corrected chi connectivity index (χ4v) is 6.61. The molecule has 0 aromatic rings. The number of carbonyl (C=O) groups excluding carboxylic acids is 2. The van der Waals surface area contributed by atoms with Gasteiger partial charge in [-0.25, -0.2) is 4.57 Å². The van der Waals surface area contributed by atoms with E-state index in [-0.39, 0.29) is 25.4 Å². The second-order valence-electron chi connectivity index (χ2n) is 14.8. The summed E-state index contributed by atoms with van der Waals surface area (Å²) in [5.74, 6) is -0.813. The number of hydrogen-bond acceptors (Lipinski definition) is 7. The molecule has 0 aromatic heterocycles. The molecule has 0 amide bonds. The first kappa shape index (κ1) is 52.3. The van der Waals surface area contributed by atoms with Crippen molar-refractivity contribution in [3.8, 4) is 0 Å². The highest BCUT2D eigenvalue weighted by molar-refractivity contribution is 7.47. The molecule has 0 spiro atoms. The van der Waals surface area contributed by atoms with E-state index in [9.17, 15) is 19.0 Å². The van der Waals surface area contributed by atoms with Crippen LogP contribution in [-0.4, -0.2) is 43.3 Å². The van der Waals surface area contributed by atoms with Gasteiger partial charge in [-0.05, 0) is 70.6 Å². The molecule has 54 heavy (non-hydrogen) atoms. The molecule has 0 aliphatic carbocycles. The molecule has 0 heterocycles. The Labute approximate surface area is 332 Å². The average Bonchev–Trinajstić information content (AvgIpc) is 3.16. The Hall–Kier alpha value is -1.73. The molecular weight excluding hydrogens is 699 g/mol. The highest BCUT2D eigenvalue weighted by atomic mass is 31.2. The highest BCUT2D eigenvalue weighted by Gasteiger charge is 2.24. The summed E-state index contributed by atoms with van der Waals surface area (Å²) in [7, 11) is -3.20. The average molecular weight is 783 g/mol. The number of rotatable bonds is 41. The summed E-state index contributed by atoms with van der Waals surface area (Å²) in [6.07, 6.45) is 47.6. The van der Waals surface area contributed by atoms with Crippen molar-refractivity contribution >= 4 is 19.8 Å². The van der Waals surface area contributed by atoms with Crippen LogP contribution >= 0.6 is 7.82 Å². The lowest BCUT2D eigenvalue weighted by molar-refractivity contribution is -0.161. The van der Waals surface area contributed by atoms with Crippen LogP contribution in [0, 0.1) is 0 Å². The van der Waals surface area contributed by atoms with E-state index in [0.717, 1.165) is 58.5 Å². The van der Waals surface area contributed by atoms with Crippen LogP contribution in [0.15, 0.2) is 36.5 Å². The summed E-state index contributed by atoms with van der Waals surface area (Å²) >= 11 is 0. The van der Waals surface area contributed by atoms with Gasteiger partial charge in [-0.2, -0.15) is 0 Å². The van der Waals surface area contributed by atoms with Crippen LogP contribution in [0.1, 0.15) is 213 Å². The lowest BCUT2D eigenvalue weighted by atomic mass is 10.1. The number of allylic oxidation sites excluding steroid dienone is 6. The minimum absolute atomic E-state index is 0.229. The molecule has 0 aliphatic rings. The highest BCUT2D eigenvalue weighted by Crippen LogP contribution is 2.42. The molecule has 1 N–H and O–H groups in total. The van der Waals surface area contributed by atoms with Crippen LogP contribution in [0.5, 0.6) is 0 Å². The van der Waals surface area contributed by atoms with E-state index in [0.29, 0.717) is 6.42 Å². The van der Waals surface area contributed by atoms with Gasteiger partial charge in [0.05, 0.1) is 6.61 Å². The zero-order valence-corrected chi connectivity index (χ0v) is 36.0. The third-order valence-electron chi connectivity index (χ3n) is 9.61. The van der Waals surface area contributed by atoms with Crippen LogP contribution in [0.2, 0.25) is 0 Å². The Bertz CT molecular complexity index is 979. The van der Waals surface area contributed by atoms with Gasteiger partial charge in [0, 0.05) is 20.0 Å². The van der Waals surface area contributed by atoms with E-state index in [1.54, 1.807) is 0 Å². The van der Waals surface area contributed by atoms with Gasteiger partial charge >= 0.3 is 19.8 Å². The first-order valence-electron chi connectivity index (χ1n) is 22.2. The SMILES string of the molecule is CCCCCC/C=C\C/C=C\CCCCCCCCCC(=O)OC(COC(=O)CCCCCCCCC/C=C\CCCCCCCC)COP(=O)(O)OC. The Balaban J connectivity index is 4.00. The zero-order chi connectivity index (χ0) is 39.6. The summed E-state index contributed by atoms with van der Waals surface area (Å²) in [6.45, 7) is 3.87. The number of hydrogen-bond donors (Lipinski definition) is 1. The van der Waals surface area contributed by atoms with Crippen LogP contribution in [0.25, 0.3) is 0 Å². The molecule has 0 saturated heterocycles. The predicted molar refractivity (Wildman–Crippen MR) is 226 cm³/mol. The van der Waals surface area contributed by atoms with Crippen molar-refractivity contribution in [3.63, 3.8) is 0 Å². The monoisotopic (exact) mass is 783 g/mol. The van der Waals surface area contributed by atoms with E-state index in [2.05, 4.69) is 54.8 Å². The number of phosphoric acid groups is 1. The Morgan fingerprint density at radius 3 is 1.33 bits per heavy atom. The van der Waals surface area contributed by atoms with Gasteiger partial charge in [-0.3, -0.25) is 18.6 Å². The van der Waals surface area contributed by atoms with Crippen molar-refractivity contribution in [2.45, 2.75) is 219 Å². The molecule has 2 atom stereocenters. The molecule has 0 aliphatic heterocycles. The quantitative estimate of drug-likeness (QED) is 0.0283. The largest absolute Gasteiger partial charge is 0.472 e. The fraction of sp³-hybridized carbons (Fsp3) is 0.822. The molecule has 8 nitrogen and oxygen atoms in total. The molecule has 0 aromatic carbocycles. The van der Waals surface area contributed by atoms with Crippen LogP contribution in [0.3, 0.4) is 0 Å². The summed E-state index contributed by atoms with van der Waals surface area (Å²) < 4.78 is 32.0. The number of unbranched alkanes of at least 4 members (excludes halogenated alkanes) is 24. The van der Waals surface area contributed by atoms with Crippen molar-refractivity contribution in [2.24, 2.45) is 0 Å². The first-order chi connectivity index (χ1) is 26.3. The summed E-state index contributed by atoms with van der Waals surface area (Å²) in [5.41, 5.74) is 0. The Morgan fingerprint density at radius 2 is 0.889 bits per heavy atom. The lowest BCUT2D eigenvalue weighted by Crippen LogP contribution is -2.29. The van der Waals surface area contributed by atoms with Crippen molar-refractivity contribution in [1.82, 2.24) is 0 Å². The maximum Gasteiger partial charge on any atom is 0.472 e. The second-order valence-corrected chi connectivity index (χ2v) is 16.4. The van der Waals surface area contributed by atoms with Gasteiger partial charge in [0.1, 0.15) is 6.61 Å². The van der Waals surface area contributed by atoms with Gasteiger partial charge in [0.2, 0.25) is 0 Å². The second kappa shape index (κ2) is 40.9. The number of carbonyl (C=O) groups is 2. The summed E-state index contributed by atoms with van der Waals surface area (Å²) in [6, 6.07) is 0. The van der Waals surface area contributed by atoms with E-state index >= 15 is 0 Å². The molecule has 0 bridgehead atoms. The van der Waals surface area contributed by atoms with Crippen molar-refractivity contribution < 1.29 is 37.6 Å². The molecule has 9 heteroatoms. The summed E-state index contributed by atoms with van der Waals surface area (Å²) in [5, 5.41) is 0. The van der Waals surface area contributed by atoms with E-state index < -0.39 is 26.5 Å². The minimum Gasteiger partial charge on any atom is -0.462 e. The van der Waals surface area contributed by atoms with Gasteiger partial charge in [0.25, 0.3) is 0 Å². The standard InChI is InChI=1S/C45H83O8P/c1-4-6-8-10-12-14-16-18-20-22-24-26-28-30-32-34-36-38-40-45(47)53-43(42-52-54(48,49)50-3)41-51-44(46)39-37-35-33-31-29-27-25-23-21-19-17-15-13-11-9-7-5-2/h14,16,19-22,43H,4-13,15,17-18,23-42H2,1-3H3,(H,48,49)/b16-14-,21-19-,22-20-. The minimum atomic E-state index is -4.26. The maximum absolute atomic E-state index is 12.5. The lowest BCUT2D eigenvalue weighted by Gasteiger charge is -2.19. The number of phosphoric ester groups is 1. The molecule has 316 valence electrons. The van der Waals surface area contributed by atoms with Gasteiger partial charge in [0.15, 0.2) is 6.10 Å². The number of esters is 2. The molecular formula is C45H83O8P. The molecule has 0 rings (SSSR count). The Kier molecular flexibility index (Phi) is 39.6.